The normalized spacial score (nSPS) is 12.3. The van der Waals surface area contributed by atoms with E-state index in [1.807, 2.05) is 6.07 Å². The van der Waals surface area contributed by atoms with Gasteiger partial charge in [0.05, 0.1) is 24.5 Å². The van der Waals surface area contributed by atoms with Crippen LogP contribution in [0.2, 0.25) is 0 Å². The average molecular weight is 401 g/mol. The first-order valence-electron chi connectivity index (χ1n) is 8.75. The van der Waals surface area contributed by atoms with Crippen molar-refractivity contribution >= 4 is 23.2 Å². The van der Waals surface area contributed by atoms with Crippen LogP contribution in [0.15, 0.2) is 48.9 Å². The number of fused-ring (bicyclic) bond motifs is 1. The van der Waals surface area contributed by atoms with E-state index < -0.39 is 24.8 Å². The summed E-state index contributed by atoms with van der Waals surface area (Å²) < 4.78 is 38.5. The van der Waals surface area contributed by atoms with Gasteiger partial charge < -0.3 is 11.1 Å². The summed E-state index contributed by atoms with van der Waals surface area (Å²) in [6.45, 7) is 0. The van der Waals surface area contributed by atoms with Gasteiger partial charge in [-0.3, -0.25) is 4.79 Å². The Balaban J connectivity index is 1.84. The summed E-state index contributed by atoms with van der Waals surface area (Å²) in [5, 5.41) is 11.7. The Morgan fingerprint density at radius 1 is 1.24 bits per heavy atom. The van der Waals surface area contributed by atoms with Crippen LogP contribution in [-0.2, 0) is 11.2 Å². The van der Waals surface area contributed by atoms with E-state index in [1.165, 1.54) is 6.20 Å². The van der Waals surface area contributed by atoms with Crippen LogP contribution in [0.4, 0.5) is 13.2 Å². The lowest BCUT2D eigenvalue weighted by molar-refractivity contribution is -0.143. The van der Waals surface area contributed by atoms with Crippen molar-refractivity contribution in [3.05, 3.63) is 60.1 Å². The van der Waals surface area contributed by atoms with Crippen LogP contribution < -0.4 is 5.73 Å². The van der Waals surface area contributed by atoms with E-state index in [0.717, 1.165) is 11.8 Å². The first kappa shape index (κ1) is 20.2. The Hall–Kier alpha value is -3.49. The summed E-state index contributed by atoms with van der Waals surface area (Å²) in [7, 11) is 0. The number of hydrogen-bond acceptors (Lipinski definition) is 5. The SMILES string of the molecule is N=C/C(=C\N)c1cnn2c(-c3cccc(CC(=O)CCC(F)(F)F)c3)cnc2c1. The molecule has 0 spiro atoms. The molecule has 0 fully saturated rings. The summed E-state index contributed by atoms with van der Waals surface area (Å²) in [5.74, 6) is -0.465. The lowest BCUT2D eigenvalue weighted by Crippen LogP contribution is -2.12. The number of carbonyl (C=O) groups is 1. The molecule has 0 aliphatic rings. The zero-order valence-corrected chi connectivity index (χ0v) is 15.3. The van der Waals surface area contributed by atoms with Gasteiger partial charge in [-0.2, -0.15) is 18.3 Å². The summed E-state index contributed by atoms with van der Waals surface area (Å²) in [5.41, 5.74) is 9.23. The van der Waals surface area contributed by atoms with Gasteiger partial charge in [-0.1, -0.05) is 18.2 Å². The molecule has 9 heteroatoms. The van der Waals surface area contributed by atoms with Gasteiger partial charge in [0, 0.05) is 42.0 Å². The van der Waals surface area contributed by atoms with Crippen LogP contribution in [0.25, 0.3) is 22.5 Å². The second kappa shape index (κ2) is 8.26. The molecule has 150 valence electrons. The first-order valence-corrected chi connectivity index (χ1v) is 8.75. The van der Waals surface area contributed by atoms with E-state index in [4.69, 9.17) is 11.1 Å². The number of nitrogens with zero attached hydrogens (tertiary/aromatic N) is 3. The minimum Gasteiger partial charge on any atom is -0.404 e. The van der Waals surface area contributed by atoms with Crippen LogP contribution in [0.3, 0.4) is 0 Å². The van der Waals surface area contributed by atoms with Gasteiger partial charge in [-0.05, 0) is 17.7 Å². The smallest absolute Gasteiger partial charge is 0.389 e. The summed E-state index contributed by atoms with van der Waals surface area (Å²) in [4.78, 5) is 16.2. The molecule has 0 saturated carbocycles. The summed E-state index contributed by atoms with van der Waals surface area (Å²) in [6, 6.07) is 8.73. The minimum absolute atomic E-state index is 0.0672. The molecule has 0 aliphatic carbocycles. The number of alkyl halides is 3. The highest BCUT2D eigenvalue weighted by Gasteiger charge is 2.27. The molecular weight excluding hydrogens is 383 g/mol. The molecule has 0 bridgehead atoms. The monoisotopic (exact) mass is 401 g/mol. The molecule has 0 atom stereocenters. The molecule has 0 unspecified atom stereocenters. The Labute approximate surface area is 164 Å². The molecule has 3 rings (SSSR count). The third-order valence-electron chi connectivity index (χ3n) is 4.34. The molecule has 3 aromatic rings. The molecule has 0 saturated heterocycles. The van der Waals surface area contributed by atoms with Crippen LogP contribution in [0.5, 0.6) is 0 Å². The third kappa shape index (κ3) is 4.87. The van der Waals surface area contributed by atoms with Gasteiger partial charge in [0.2, 0.25) is 0 Å². The Kier molecular flexibility index (Phi) is 5.76. The van der Waals surface area contributed by atoms with E-state index >= 15 is 0 Å². The molecular formula is C20H18F3N5O. The molecule has 2 heterocycles. The number of allylic oxidation sites excluding steroid dienone is 1. The largest absolute Gasteiger partial charge is 0.404 e. The number of ketones is 1. The van der Waals surface area contributed by atoms with Crippen molar-refractivity contribution in [3.8, 4) is 11.3 Å². The second-order valence-corrected chi connectivity index (χ2v) is 6.46. The van der Waals surface area contributed by atoms with Crippen LogP contribution in [-0.4, -0.2) is 32.8 Å². The first-order chi connectivity index (χ1) is 13.8. The Bertz CT molecular complexity index is 1090. The zero-order valence-electron chi connectivity index (χ0n) is 15.3. The fourth-order valence-electron chi connectivity index (χ4n) is 2.90. The minimum atomic E-state index is -4.34. The van der Waals surface area contributed by atoms with Crippen LogP contribution >= 0.6 is 0 Å². The maximum atomic E-state index is 12.3. The Morgan fingerprint density at radius 2 is 2.03 bits per heavy atom. The molecule has 0 aliphatic heterocycles. The van der Waals surface area contributed by atoms with Crippen molar-refractivity contribution in [1.82, 2.24) is 14.6 Å². The number of imidazole rings is 1. The lowest BCUT2D eigenvalue weighted by Gasteiger charge is -2.07. The van der Waals surface area contributed by atoms with Crippen molar-refractivity contribution in [2.75, 3.05) is 0 Å². The molecule has 6 nitrogen and oxygen atoms in total. The fraction of sp³-hybridized carbons (Fsp3) is 0.200. The van der Waals surface area contributed by atoms with Gasteiger partial charge in [0.1, 0.15) is 5.78 Å². The maximum Gasteiger partial charge on any atom is 0.389 e. The lowest BCUT2D eigenvalue weighted by atomic mass is 10.0. The molecule has 0 radical (unpaired) electrons. The summed E-state index contributed by atoms with van der Waals surface area (Å²) in [6.07, 6.45) is -0.436. The molecule has 1 aromatic carbocycles. The van der Waals surface area contributed by atoms with Crippen molar-refractivity contribution < 1.29 is 18.0 Å². The number of halogens is 3. The van der Waals surface area contributed by atoms with Gasteiger partial charge >= 0.3 is 6.18 Å². The highest BCUT2D eigenvalue weighted by molar-refractivity contribution is 6.08. The van der Waals surface area contributed by atoms with Gasteiger partial charge in [0.15, 0.2) is 5.65 Å². The zero-order chi connectivity index (χ0) is 21.0. The van der Waals surface area contributed by atoms with Crippen molar-refractivity contribution in [2.45, 2.75) is 25.4 Å². The average Bonchev–Trinajstić information content (AvgIpc) is 3.10. The highest BCUT2D eigenvalue weighted by atomic mass is 19.4. The molecule has 29 heavy (non-hydrogen) atoms. The predicted molar refractivity (Wildman–Crippen MR) is 103 cm³/mol. The molecule has 3 N–H and O–H groups in total. The molecule has 2 aromatic heterocycles. The second-order valence-electron chi connectivity index (χ2n) is 6.46. The predicted octanol–water partition coefficient (Wildman–Crippen LogP) is 3.80. The number of benzene rings is 1. The number of rotatable bonds is 7. The topological polar surface area (TPSA) is 97.1 Å². The number of aromatic nitrogens is 3. The molecule has 0 amide bonds. The number of nitrogens with one attached hydrogen (secondary N) is 1. The van der Waals surface area contributed by atoms with Crippen molar-refractivity contribution in [1.29, 1.82) is 5.41 Å². The highest BCUT2D eigenvalue weighted by Crippen LogP contribution is 2.24. The van der Waals surface area contributed by atoms with Crippen LogP contribution in [0.1, 0.15) is 24.0 Å². The maximum absolute atomic E-state index is 12.3. The van der Waals surface area contributed by atoms with Crippen molar-refractivity contribution in [3.63, 3.8) is 0 Å². The van der Waals surface area contributed by atoms with Crippen molar-refractivity contribution in [2.24, 2.45) is 5.73 Å². The summed E-state index contributed by atoms with van der Waals surface area (Å²) >= 11 is 0. The Morgan fingerprint density at radius 3 is 2.72 bits per heavy atom. The van der Waals surface area contributed by atoms with E-state index in [2.05, 4.69) is 10.1 Å². The standard InChI is InChI=1S/C20H18F3N5O/c21-20(22,23)5-4-17(29)7-13-2-1-3-14(6-13)18-12-26-19-8-15(11-27-28(18)19)16(9-24)10-25/h1-3,6,8-12,24H,4-5,7,25H2/b16-10+,24-9?. The van der Waals surface area contributed by atoms with Gasteiger partial charge in [-0.15, -0.1) is 0 Å². The number of Topliss-reactive ketones (excluding diaryl/α,β-unsaturated/α-hetero) is 1. The van der Waals surface area contributed by atoms with E-state index in [9.17, 15) is 18.0 Å². The van der Waals surface area contributed by atoms with E-state index in [0.29, 0.717) is 28.0 Å². The fourth-order valence-corrected chi connectivity index (χ4v) is 2.90. The van der Waals surface area contributed by atoms with E-state index in [-0.39, 0.29) is 6.42 Å². The number of carbonyl (C=O) groups excluding carboxylic acids is 1. The van der Waals surface area contributed by atoms with E-state index in [1.54, 1.807) is 41.2 Å². The number of hydrogen-bond donors (Lipinski definition) is 2. The van der Waals surface area contributed by atoms with Crippen LogP contribution in [0, 0.1) is 5.41 Å². The van der Waals surface area contributed by atoms with Gasteiger partial charge in [-0.25, -0.2) is 9.50 Å². The third-order valence-corrected chi connectivity index (χ3v) is 4.34. The quantitative estimate of drug-likeness (QED) is 0.589. The number of nitrogens with two attached hydrogens (primary N) is 1. The van der Waals surface area contributed by atoms with Gasteiger partial charge in [0.25, 0.3) is 0 Å².